The molecule has 0 amide bonds. The van der Waals surface area contributed by atoms with E-state index < -0.39 is 11.6 Å². The molecule has 1 unspecified atom stereocenters. The van der Waals surface area contributed by atoms with Crippen LogP contribution in [-0.4, -0.2) is 11.3 Å². The van der Waals surface area contributed by atoms with Crippen LogP contribution in [0.3, 0.4) is 0 Å². The zero-order chi connectivity index (χ0) is 10.7. The fourth-order valence-electron chi connectivity index (χ4n) is 0.927. The normalized spacial score (nSPS) is 10.8. The Morgan fingerprint density at radius 1 is 1.71 bits per heavy atom. The lowest BCUT2D eigenvalue weighted by molar-refractivity contribution is 0.432. The molecule has 0 spiro atoms. The molecular weight excluding hydrogens is 340 g/mol. The highest BCUT2D eigenvalue weighted by molar-refractivity contribution is 14.2. The molecule has 14 heavy (non-hydrogen) atoms. The summed E-state index contributed by atoms with van der Waals surface area (Å²) in [6.45, 7) is 0. The van der Waals surface area contributed by atoms with Crippen LogP contribution in [0.2, 0.25) is 5.02 Å². The Labute approximate surface area is 99.9 Å². The highest BCUT2D eigenvalue weighted by Gasteiger charge is 2.14. The molecule has 0 saturated carbocycles. The Balaban J connectivity index is 3.35. The molecule has 0 heterocycles. The maximum absolute atomic E-state index is 13.1. The van der Waals surface area contributed by atoms with Gasteiger partial charge in [0.05, 0.1) is 16.3 Å². The number of aromatic hydroxyl groups is 1. The number of hydrogen-bond donors (Lipinski definition) is 3. The molecule has 0 aliphatic heterocycles. The van der Waals surface area contributed by atoms with E-state index in [1.165, 1.54) is 6.07 Å². The van der Waals surface area contributed by atoms with Crippen LogP contribution >= 0.6 is 40.0 Å². The molecule has 0 radical (unpaired) electrons. The minimum Gasteiger partial charge on any atom is -0.504 e. The van der Waals surface area contributed by atoms with Crippen molar-refractivity contribution in [3.8, 4) is 5.75 Å². The van der Waals surface area contributed by atoms with E-state index in [4.69, 9.17) is 17.0 Å². The number of benzene rings is 1. The standard InChI is InChI=1S/C7H6ClFIN2OP/c8-4-1-5(12-14-10)3(2-11)7(13)6(4)9/h1-2,11-14H. The minimum atomic E-state index is -0.896. The van der Waals surface area contributed by atoms with Crippen molar-refractivity contribution in [2.45, 2.75) is 0 Å². The van der Waals surface area contributed by atoms with E-state index in [0.717, 1.165) is 6.21 Å². The van der Waals surface area contributed by atoms with Gasteiger partial charge in [0, 0.05) is 12.6 Å². The Kier molecular flexibility index (Phi) is 4.34. The van der Waals surface area contributed by atoms with Crippen LogP contribution in [-0.2, 0) is 0 Å². The van der Waals surface area contributed by atoms with Gasteiger partial charge < -0.3 is 15.6 Å². The van der Waals surface area contributed by atoms with Crippen LogP contribution in [0.25, 0.3) is 0 Å². The largest absolute Gasteiger partial charge is 0.504 e. The van der Waals surface area contributed by atoms with Crippen LogP contribution in [0.1, 0.15) is 5.56 Å². The summed E-state index contributed by atoms with van der Waals surface area (Å²) in [5, 5.41) is 19.1. The Morgan fingerprint density at radius 3 is 2.86 bits per heavy atom. The van der Waals surface area contributed by atoms with E-state index >= 15 is 0 Å². The minimum absolute atomic E-state index is 0.107. The lowest BCUT2D eigenvalue weighted by atomic mass is 10.1. The topological polar surface area (TPSA) is 56.1 Å². The Hall–Kier alpha value is -0.130. The molecule has 0 aromatic heterocycles. The first-order chi connectivity index (χ1) is 6.61. The van der Waals surface area contributed by atoms with Crippen LogP contribution < -0.4 is 5.09 Å². The van der Waals surface area contributed by atoms with Crippen molar-refractivity contribution >= 4 is 51.9 Å². The van der Waals surface area contributed by atoms with Gasteiger partial charge >= 0.3 is 0 Å². The summed E-state index contributed by atoms with van der Waals surface area (Å²) in [4.78, 5) is 0. The van der Waals surface area contributed by atoms with Gasteiger partial charge in [0.1, 0.15) is 0 Å². The number of halogens is 3. The smallest absolute Gasteiger partial charge is 0.184 e. The second-order valence-corrected chi connectivity index (χ2v) is 4.81. The monoisotopic (exact) mass is 346 g/mol. The van der Waals surface area contributed by atoms with Gasteiger partial charge in [-0.2, -0.15) is 0 Å². The number of hydrogen-bond acceptors (Lipinski definition) is 3. The zero-order valence-electron chi connectivity index (χ0n) is 6.74. The van der Waals surface area contributed by atoms with Crippen LogP contribution in [0, 0.1) is 11.2 Å². The van der Waals surface area contributed by atoms with Gasteiger partial charge in [-0.15, -0.1) is 0 Å². The fourth-order valence-corrected chi connectivity index (χ4v) is 2.31. The van der Waals surface area contributed by atoms with Crippen LogP contribution in [0.15, 0.2) is 6.07 Å². The summed E-state index contributed by atoms with van der Waals surface area (Å²) in [5.41, 5.74) is 0.563. The molecule has 0 saturated heterocycles. The number of phenols is 1. The lowest BCUT2D eigenvalue weighted by Gasteiger charge is -2.09. The third-order valence-electron chi connectivity index (χ3n) is 1.56. The van der Waals surface area contributed by atoms with Gasteiger partial charge in [-0.1, -0.05) is 11.6 Å². The first-order valence-electron chi connectivity index (χ1n) is 3.45. The van der Waals surface area contributed by atoms with Crippen molar-refractivity contribution < 1.29 is 9.50 Å². The molecule has 0 fully saturated rings. The van der Waals surface area contributed by atoms with Crippen molar-refractivity contribution in [2.24, 2.45) is 0 Å². The SMILES string of the molecule is N=Cc1c(NPI)cc(Cl)c(F)c1O. The van der Waals surface area contributed by atoms with Gasteiger partial charge in [0.2, 0.25) is 0 Å². The van der Waals surface area contributed by atoms with Crippen molar-refractivity contribution in [2.75, 3.05) is 5.09 Å². The maximum atomic E-state index is 13.1. The molecule has 0 bridgehead atoms. The van der Waals surface area contributed by atoms with Gasteiger partial charge in [-0.05, 0) is 28.1 Å². The highest BCUT2D eigenvalue weighted by Crippen LogP contribution is 2.36. The number of rotatable bonds is 3. The summed E-state index contributed by atoms with van der Waals surface area (Å²) in [6.07, 6.45) is 1.23. The van der Waals surface area contributed by atoms with Crippen molar-refractivity contribution in [3.05, 3.63) is 22.5 Å². The third-order valence-corrected chi connectivity index (χ3v) is 3.01. The van der Waals surface area contributed by atoms with E-state index in [-0.39, 0.29) is 10.6 Å². The third kappa shape index (κ3) is 2.27. The lowest BCUT2D eigenvalue weighted by Crippen LogP contribution is -1.94. The van der Waals surface area contributed by atoms with E-state index in [9.17, 15) is 9.50 Å². The summed E-state index contributed by atoms with van der Waals surface area (Å²) < 4.78 is 13.1. The molecule has 1 atom stereocenters. The molecule has 1 rings (SSSR count). The molecule has 1 aromatic carbocycles. The number of anilines is 1. The van der Waals surface area contributed by atoms with Crippen LogP contribution in [0.5, 0.6) is 5.75 Å². The maximum Gasteiger partial charge on any atom is 0.184 e. The van der Waals surface area contributed by atoms with Crippen molar-refractivity contribution in [1.82, 2.24) is 0 Å². The van der Waals surface area contributed by atoms with Crippen LogP contribution in [0.4, 0.5) is 10.1 Å². The molecule has 3 nitrogen and oxygen atoms in total. The Morgan fingerprint density at radius 2 is 2.36 bits per heavy atom. The number of phenolic OH excluding ortho intramolecular Hbond substituents is 1. The van der Waals surface area contributed by atoms with E-state index in [1.807, 2.05) is 0 Å². The first-order valence-corrected chi connectivity index (χ1v) is 7.94. The summed E-state index contributed by atoms with van der Waals surface area (Å²) in [7, 11) is 0. The fraction of sp³-hybridized carbons (Fsp3) is 0. The molecule has 7 heteroatoms. The number of nitrogens with one attached hydrogen (secondary N) is 2. The van der Waals surface area contributed by atoms with Gasteiger partial charge in [0.15, 0.2) is 11.6 Å². The molecule has 1 aromatic rings. The van der Waals surface area contributed by atoms with E-state index in [2.05, 4.69) is 27.1 Å². The van der Waals surface area contributed by atoms with Crippen molar-refractivity contribution in [1.29, 1.82) is 5.41 Å². The second-order valence-electron chi connectivity index (χ2n) is 2.35. The van der Waals surface area contributed by atoms with E-state index in [1.54, 1.807) is 0 Å². The molecular formula is C7H6ClFIN2OP. The van der Waals surface area contributed by atoms with Gasteiger partial charge in [0.25, 0.3) is 0 Å². The average Bonchev–Trinajstić information content (AvgIpc) is 2.16. The van der Waals surface area contributed by atoms with E-state index in [0.29, 0.717) is 12.1 Å². The first kappa shape index (κ1) is 11.9. The molecule has 0 aliphatic carbocycles. The molecule has 76 valence electrons. The second kappa shape index (κ2) is 5.09. The predicted molar refractivity (Wildman–Crippen MR) is 66.9 cm³/mol. The zero-order valence-corrected chi connectivity index (χ0v) is 10.6. The van der Waals surface area contributed by atoms with Gasteiger partial charge in [-0.25, -0.2) is 4.39 Å². The summed E-state index contributed by atoms with van der Waals surface area (Å²) in [6, 6.07) is 1.35. The van der Waals surface area contributed by atoms with Gasteiger partial charge in [-0.3, -0.25) is 0 Å². The summed E-state index contributed by atoms with van der Waals surface area (Å²) >= 11 is 7.61. The summed E-state index contributed by atoms with van der Waals surface area (Å²) in [5.74, 6) is -1.49. The molecule has 0 aliphatic rings. The average molecular weight is 346 g/mol. The molecule has 3 N–H and O–H groups in total. The van der Waals surface area contributed by atoms with Crippen molar-refractivity contribution in [3.63, 3.8) is 0 Å². The predicted octanol–water partition coefficient (Wildman–Crippen LogP) is 3.54. The quantitative estimate of drug-likeness (QED) is 0.445. The Bertz CT molecular complexity index is 377. The highest BCUT2D eigenvalue weighted by atomic mass is 127.